The molecule has 0 aliphatic rings. The highest BCUT2D eigenvalue weighted by Gasteiger charge is 2.18. The number of carbonyl (C=O) groups is 2. The second-order valence-corrected chi connectivity index (χ2v) is 6.18. The number of rotatable bonds is 8. The van der Waals surface area contributed by atoms with Crippen LogP contribution in [-0.2, 0) is 22.6 Å². The molecule has 0 radical (unpaired) electrons. The highest BCUT2D eigenvalue weighted by atomic mass is 19.1. The van der Waals surface area contributed by atoms with Gasteiger partial charge in [-0.25, -0.2) is 4.39 Å². The first-order valence-corrected chi connectivity index (χ1v) is 8.82. The third-order valence-electron chi connectivity index (χ3n) is 4.33. The standard InChI is InChI=1S/C21H25FN2O2/c1-3-23(15-18-9-5-4-6-10-18)21(26)16-24(17(2)25)14-13-19-11-7-8-12-20(19)22/h4-12H,3,13-16H2,1-2H3. The van der Waals surface area contributed by atoms with Crippen molar-refractivity contribution in [3.8, 4) is 0 Å². The van der Waals surface area contributed by atoms with Gasteiger partial charge in [-0.1, -0.05) is 48.5 Å². The second-order valence-electron chi connectivity index (χ2n) is 6.18. The highest BCUT2D eigenvalue weighted by Crippen LogP contribution is 2.09. The van der Waals surface area contributed by atoms with Crippen LogP contribution in [-0.4, -0.2) is 41.2 Å². The van der Waals surface area contributed by atoms with Crippen LogP contribution in [0.5, 0.6) is 0 Å². The summed E-state index contributed by atoms with van der Waals surface area (Å²) in [6.07, 6.45) is 0.379. The zero-order valence-corrected chi connectivity index (χ0v) is 15.3. The van der Waals surface area contributed by atoms with Crippen LogP contribution in [0.25, 0.3) is 0 Å². The quantitative estimate of drug-likeness (QED) is 0.728. The Bertz CT molecular complexity index is 734. The monoisotopic (exact) mass is 356 g/mol. The van der Waals surface area contributed by atoms with Gasteiger partial charge in [0.15, 0.2) is 0 Å². The number of halogens is 1. The molecule has 0 spiro atoms. The number of benzene rings is 2. The van der Waals surface area contributed by atoms with Gasteiger partial charge in [0.25, 0.3) is 0 Å². The molecule has 0 saturated carbocycles. The normalized spacial score (nSPS) is 10.4. The summed E-state index contributed by atoms with van der Waals surface area (Å²) in [5.41, 5.74) is 1.59. The van der Waals surface area contributed by atoms with E-state index in [1.807, 2.05) is 37.3 Å². The zero-order chi connectivity index (χ0) is 18.9. The van der Waals surface area contributed by atoms with Gasteiger partial charge in [0.05, 0.1) is 6.54 Å². The number of hydrogen-bond acceptors (Lipinski definition) is 2. The summed E-state index contributed by atoms with van der Waals surface area (Å²) in [4.78, 5) is 27.7. The van der Waals surface area contributed by atoms with Crippen molar-refractivity contribution in [2.45, 2.75) is 26.8 Å². The molecule has 4 nitrogen and oxygen atoms in total. The second kappa shape index (κ2) is 9.70. The van der Waals surface area contributed by atoms with E-state index in [-0.39, 0.29) is 24.2 Å². The topological polar surface area (TPSA) is 40.6 Å². The molecule has 2 aromatic rings. The molecular weight excluding hydrogens is 331 g/mol. The molecule has 26 heavy (non-hydrogen) atoms. The average molecular weight is 356 g/mol. The molecule has 2 aromatic carbocycles. The minimum atomic E-state index is -0.290. The van der Waals surface area contributed by atoms with Crippen LogP contribution in [0.3, 0.4) is 0 Å². The van der Waals surface area contributed by atoms with Gasteiger partial charge in [0.2, 0.25) is 11.8 Å². The van der Waals surface area contributed by atoms with E-state index in [0.29, 0.717) is 31.6 Å². The SMILES string of the molecule is CCN(Cc1ccccc1)C(=O)CN(CCc1ccccc1F)C(C)=O. The van der Waals surface area contributed by atoms with Gasteiger partial charge < -0.3 is 9.80 Å². The van der Waals surface area contributed by atoms with E-state index in [9.17, 15) is 14.0 Å². The van der Waals surface area contributed by atoms with Crippen molar-refractivity contribution in [3.05, 3.63) is 71.5 Å². The van der Waals surface area contributed by atoms with Gasteiger partial charge in [-0.15, -0.1) is 0 Å². The molecule has 0 heterocycles. The molecule has 0 fully saturated rings. The number of carbonyl (C=O) groups excluding carboxylic acids is 2. The fraction of sp³-hybridized carbons (Fsp3) is 0.333. The van der Waals surface area contributed by atoms with Gasteiger partial charge in [-0.2, -0.15) is 0 Å². The van der Waals surface area contributed by atoms with Crippen LogP contribution >= 0.6 is 0 Å². The van der Waals surface area contributed by atoms with Crippen molar-refractivity contribution in [2.24, 2.45) is 0 Å². The number of nitrogens with zero attached hydrogens (tertiary/aromatic N) is 2. The Hall–Kier alpha value is -2.69. The number of amides is 2. The molecule has 2 amide bonds. The van der Waals surface area contributed by atoms with E-state index < -0.39 is 0 Å². The molecule has 0 atom stereocenters. The molecule has 0 aliphatic carbocycles. The van der Waals surface area contributed by atoms with Gasteiger partial charge >= 0.3 is 0 Å². The Morgan fingerprint density at radius 1 is 0.962 bits per heavy atom. The predicted octanol–water partition coefficient (Wildman–Crippen LogP) is 3.27. The van der Waals surface area contributed by atoms with E-state index in [0.717, 1.165) is 5.56 Å². The molecule has 0 aliphatic heterocycles. The van der Waals surface area contributed by atoms with Crippen LogP contribution in [0.4, 0.5) is 4.39 Å². The van der Waals surface area contributed by atoms with Crippen molar-refractivity contribution < 1.29 is 14.0 Å². The van der Waals surface area contributed by atoms with Crippen molar-refractivity contribution in [3.63, 3.8) is 0 Å². The fourth-order valence-corrected chi connectivity index (χ4v) is 2.75. The van der Waals surface area contributed by atoms with E-state index in [2.05, 4.69) is 0 Å². The first kappa shape index (κ1) is 19.6. The maximum absolute atomic E-state index is 13.8. The lowest BCUT2D eigenvalue weighted by Gasteiger charge is -2.26. The zero-order valence-electron chi connectivity index (χ0n) is 15.3. The smallest absolute Gasteiger partial charge is 0.242 e. The van der Waals surface area contributed by atoms with E-state index in [1.165, 1.54) is 17.9 Å². The highest BCUT2D eigenvalue weighted by molar-refractivity contribution is 5.83. The fourth-order valence-electron chi connectivity index (χ4n) is 2.75. The maximum Gasteiger partial charge on any atom is 0.242 e. The third-order valence-corrected chi connectivity index (χ3v) is 4.33. The van der Waals surface area contributed by atoms with E-state index in [4.69, 9.17) is 0 Å². The largest absolute Gasteiger partial charge is 0.337 e. The molecule has 138 valence electrons. The summed E-state index contributed by atoms with van der Waals surface area (Å²) in [6, 6.07) is 16.2. The molecular formula is C21H25FN2O2. The van der Waals surface area contributed by atoms with Crippen LogP contribution in [0.2, 0.25) is 0 Å². The lowest BCUT2D eigenvalue weighted by molar-refractivity contribution is -0.139. The van der Waals surface area contributed by atoms with E-state index >= 15 is 0 Å². The Kier molecular flexibility index (Phi) is 7.33. The summed E-state index contributed by atoms with van der Waals surface area (Å²) in [7, 11) is 0. The maximum atomic E-state index is 13.8. The average Bonchev–Trinajstić information content (AvgIpc) is 2.64. The van der Waals surface area contributed by atoms with Gasteiger partial charge in [0.1, 0.15) is 5.82 Å². The van der Waals surface area contributed by atoms with Crippen LogP contribution in [0, 0.1) is 5.82 Å². The lowest BCUT2D eigenvalue weighted by atomic mass is 10.1. The van der Waals surface area contributed by atoms with Gasteiger partial charge in [0, 0.05) is 26.6 Å². The summed E-state index contributed by atoms with van der Waals surface area (Å²) in [6.45, 7) is 4.73. The molecule has 0 unspecified atom stereocenters. The number of hydrogen-bond donors (Lipinski definition) is 0. The van der Waals surface area contributed by atoms with Crippen LogP contribution in [0.15, 0.2) is 54.6 Å². The van der Waals surface area contributed by atoms with Crippen molar-refractivity contribution in [1.29, 1.82) is 0 Å². The summed E-state index contributed by atoms with van der Waals surface area (Å²) in [5.74, 6) is -0.591. The first-order valence-electron chi connectivity index (χ1n) is 8.82. The Labute approximate surface area is 154 Å². The van der Waals surface area contributed by atoms with Crippen LogP contribution < -0.4 is 0 Å². The Balaban J connectivity index is 1.97. The minimum absolute atomic E-state index is 0.00442. The lowest BCUT2D eigenvalue weighted by Crippen LogP contribution is -2.42. The van der Waals surface area contributed by atoms with Crippen LogP contribution in [0.1, 0.15) is 25.0 Å². The van der Waals surface area contributed by atoms with Crippen molar-refractivity contribution in [2.75, 3.05) is 19.6 Å². The summed E-state index contributed by atoms with van der Waals surface area (Å²) < 4.78 is 13.8. The minimum Gasteiger partial charge on any atom is -0.337 e. The molecule has 5 heteroatoms. The third kappa shape index (κ3) is 5.69. The van der Waals surface area contributed by atoms with E-state index in [1.54, 1.807) is 23.1 Å². The van der Waals surface area contributed by atoms with Crippen molar-refractivity contribution >= 4 is 11.8 Å². The molecule has 2 rings (SSSR count). The summed E-state index contributed by atoms with van der Waals surface area (Å²) in [5, 5.41) is 0. The molecule has 0 saturated heterocycles. The first-order chi connectivity index (χ1) is 12.5. The molecule has 0 bridgehead atoms. The van der Waals surface area contributed by atoms with Gasteiger partial charge in [-0.3, -0.25) is 9.59 Å². The summed E-state index contributed by atoms with van der Waals surface area (Å²) >= 11 is 0. The Morgan fingerprint density at radius 2 is 1.62 bits per heavy atom. The predicted molar refractivity (Wildman–Crippen MR) is 99.9 cm³/mol. The Morgan fingerprint density at radius 3 is 2.23 bits per heavy atom. The number of likely N-dealkylation sites (N-methyl/N-ethyl adjacent to an activating group) is 1. The molecule has 0 N–H and O–H groups in total. The van der Waals surface area contributed by atoms with Gasteiger partial charge in [-0.05, 0) is 30.5 Å². The van der Waals surface area contributed by atoms with Crippen molar-refractivity contribution in [1.82, 2.24) is 9.80 Å². The molecule has 0 aromatic heterocycles.